The third-order valence-electron chi connectivity index (χ3n) is 4.35. The zero-order chi connectivity index (χ0) is 19.3. The fraction of sp³-hybridized carbons (Fsp3) is 0.600. The Balaban J connectivity index is 1.90. The maximum atomic E-state index is 12.7. The number of rotatable bonds is 4. The quantitative estimate of drug-likeness (QED) is 0.897. The molecule has 1 N–H and O–H groups in total. The number of amides is 3. The largest absolute Gasteiger partial charge is 0.494 e. The van der Waals surface area contributed by atoms with Crippen molar-refractivity contribution in [1.82, 2.24) is 15.1 Å². The van der Waals surface area contributed by atoms with Crippen LogP contribution in [0.2, 0.25) is 0 Å². The van der Waals surface area contributed by atoms with Gasteiger partial charge in [0.25, 0.3) is 5.91 Å². The van der Waals surface area contributed by atoms with Crippen LogP contribution >= 0.6 is 0 Å². The highest BCUT2D eigenvalue weighted by molar-refractivity contribution is 5.94. The Morgan fingerprint density at radius 2 is 1.73 bits per heavy atom. The van der Waals surface area contributed by atoms with Crippen molar-refractivity contribution in [3.05, 3.63) is 29.3 Å². The fourth-order valence-corrected chi connectivity index (χ4v) is 2.85. The van der Waals surface area contributed by atoms with Crippen LogP contribution in [0.25, 0.3) is 0 Å². The van der Waals surface area contributed by atoms with Gasteiger partial charge in [-0.2, -0.15) is 0 Å². The minimum absolute atomic E-state index is 0.00546. The zero-order valence-corrected chi connectivity index (χ0v) is 16.6. The summed E-state index contributed by atoms with van der Waals surface area (Å²) in [6.45, 7) is 13.6. The molecule has 3 amide bonds. The highest BCUT2D eigenvalue weighted by Crippen LogP contribution is 2.20. The summed E-state index contributed by atoms with van der Waals surface area (Å²) >= 11 is 0. The molecule has 0 unspecified atom stereocenters. The van der Waals surface area contributed by atoms with Gasteiger partial charge in [-0.1, -0.05) is 20.8 Å². The SMILES string of the molecule is CCOc1ccc(C(=O)N2CCN(C(=O)NCC(C)(C)C)CC2)cc1C. The average molecular weight is 361 g/mol. The maximum absolute atomic E-state index is 12.7. The van der Waals surface area contributed by atoms with Crippen LogP contribution in [-0.4, -0.2) is 61.1 Å². The van der Waals surface area contributed by atoms with Gasteiger partial charge in [-0.15, -0.1) is 0 Å². The molecule has 26 heavy (non-hydrogen) atoms. The van der Waals surface area contributed by atoms with Crippen molar-refractivity contribution in [2.24, 2.45) is 5.41 Å². The van der Waals surface area contributed by atoms with Gasteiger partial charge in [0.2, 0.25) is 0 Å². The first-order valence-corrected chi connectivity index (χ1v) is 9.27. The van der Waals surface area contributed by atoms with Crippen molar-refractivity contribution in [2.45, 2.75) is 34.6 Å². The molecule has 6 nitrogen and oxygen atoms in total. The molecule has 0 aliphatic carbocycles. The van der Waals surface area contributed by atoms with E-state index in [2.05, 4.69) is 26.1 Å². The van der Waals surface area contributed by atoms with E-state index in [1.807, 2.05) is 36.9 Å². The molecule has 6 heteroatoms. The summed E-state index contributed by atoms with van der Waals surface area (Å²) < 4.78 is 5.53. The second kappa shape index (κ2) is 8.43. The lowest BCUT2D eigenvalue weighted by Crippen LogP contribution is -2.53. The van der Waals surface area contributed by atoms with Gasteiger partial charge in [0.1, 0.15) is 5.75 Å². The van der Waals surface area contributed by atoms with E-state index < -0.39 is 0 Å². The van der Waals surface area contributed by atoms with Gasteiger partial charge >= 0.3 is 6.03 Å². The van der Waals surface area contributed by atoms with Gasteiger partial charge in [-0.3, -0.25) is 4.79 Å². The molecule has 0 aromatic heterocycles. The van der Waals surface area contributed by atoms with Gasteiger partial charge in [0, 0.05) is 38.3 Å². The van der Waals surface area contributed by atoms with Crippen LogP contribution in [-0.2, 0) is 0 Å². The Kier molecular flexibility index (Phi) is 6.51. The third-order valence-corrected chi connectivity index (χ3v) is 4.35. The van der Waals surface area contributed by atoms with Gasteiger partial charge < -0.3 is 19.9 Å². The topological polar surface area (TPSA) is 61.9 Å². The molecule has 1 fully saturated rings. The number of carbonyl (C=O) groups excluding carboxylic acids is 2. The second-order valence-corrected chi connectivity index (χ2v) is 7.91. The van der Waals surface area contributed by atoms with Gasteiger partial charge in [0.05, 0.1) is 6.61 Å². The maximum Gasteiger partial charge on any atom is 0.317 e. The number of ether oxygens (including phenoxy) is 1. The molecule has 1 heterocycles. The molecule has 0 saturated carbocycles. The predicted octanol–water partition coefficient (Wildman–Crippen LogP) is 2.91. The summed E-state index contributed by atoms with van der Waals surface area (Å²) in [5.74, 6) is 0.815. The summed E-state index contributed by atoms with van der Waals surface area (Å²) in [5.41, 5.74) is 1.67. The minimum atomic E-state index is -0.0519. The average Bonchev–Trinajstić information content (AvgIpc) is 2.60. The first-order chi connectivity index (χ1) is 12.2. The summed E-state index contributed by atoms with van der Waals surface area (Å²) in [4.78, 5) is 28.5. The molecule has 144 valence electrons. The van der Waals surface area contributed by atoms with E-state index in [0.29, 0.717) is 44.9 Å². The van der Waals surface area contributed by atoms with E-state index in [1.54, 1.807) is 4.90 Å². The predicted molar refractivity (Wildman–Crippen MR) is 103 cm³/mol. The van der Waals surface area contributed by atoms with Crippen LogP contribution in [0, 0.1) is 12.3 Å². The number of hydrogen-bond donors (Lipinski definition) is 1. The molecule has 0 atom stereocenters. The van der Waals surface area contributed by atoms with Crippen molar-refractivity contribution >= 4 is 11.9 Å². The van der Waals surface area contributed by atoms with E-state index in [1.165, 1.54) is 0 Å². The highest BCUT2D eigenvalue weighted by atomic mass is 16.5. The Labute approximate surface area is 156 Å². The van der Waals surface area contributed by atoms with Crippen molar-refractivity contribution in [3.63, 3.8) is 0 Å². The second-order valence-electron chi connectivity index (χ2n) is 7.91. The normalized spacial score (nSPS) is 15.0. The van der Waals surface area contributed by atoms with E-state index in [9.17, 15) is 9.59 Å². The molecule has 2 rings (SSSR count). The third kappa shape index (κ3) is 5.38. The fourth-order valence-electron chi connectivity index (χ4n) is 2.85. The Morgan fingerprint density at radius 1 is 1.12 bits per heavy atom. The molecule has 1 aliphatic heterocycles. The number of nitrogens with one attached hydrogen (secondary N) is 1. The monoisotopic (exact) mass is 361 g/mol. The van der Waals surface area contributed by atoms with Crippen molar-refractivity contribution in [3.8, 4) is 5.75 Å². The lowest BCUT2D eigenvalue weighted by molar-refractivity contribution is 0.0664. The van der Waals surface area contributed by atoms with Gasteiger partial charge in [-0.25, -0.2) is 4.79 Å². The lowest BCUT2D eigenvalue weighted by Gasteiger charge is -2.35. The molecule has 1 aromatic rings. The van der Waals surface area contributed by atoms with E-state index in [-0.39, 0.29) is 17.4 Å². The summed E-state index contributed by atoms with van der Waals surface area (Å²) in [6, 6.07) is 5.48. The number of carbonyl (C=O) groups is 2. The van der Waals surface area contributed by atoms with Crippen molar-refractivity contribution in [2.75, 3.05) is 39.3 Å². The number of nitrogens with zero attached hydrogens (tertiary/aromatic N) is 2. The Morgan fingerprint density at radius 3 is 2.27 bits per heavy atom. The Bertz CT molecular complexity index is 644. The van der Waals surface area contributed by atoms with Crippen LogP contribution in [0.15, 0.2) is 18.2 Å². The van der Waals surface area contributed by atoms with Crippen LogP contribution in [0.5, 0.6) is 5.75 Å². The molecule has 0 spiro atoms. The van der Waals surface area contributed by atoms with Gasteiger partial charge in [-0.05, 0) is 43.0 Å². The Hall–Kier alpha value is -2.24. The summed E-state index contributed by atoms with van der Waals surface area (Å²) in [5, 5.41) is 2.96. The number of hydrogen-bond acceptors (Lipinski definition) is 3. The molecule has 1 aromatic carbocycles. The lowest BCUT2D eigenvalue weighted by atomic mass is 9.97. The molecule has 1 saturated heterocycles. The number of benzene rings is 1. The zero-order valence-electron chi connectivity index (χ0n) is 16.6. The van der Waals surface area contributed by atoms with E-state index in [4.69, 9.17) is 4.74 Å². The van der Waals surface area contributed by atoms with Crippen LogP contribution in [0.1, 0.15) is 43.6 Å². The number of piperazine rings is 1. The highest BCUT2D eigenvalue weighted by Gasteiger charge is 2.25. The minimum Gasteiger partial charge on any atom is -0.494 e. The molecule has 0 bridgehead atoms. The number of aryl methyl sites for hydroxylation is 1. The van der Waals surface area contributed by atoms with Gasteiger partial charge in [0.15, 0.2) is 0 Å². The van der Waals surface area contributed by atoms with E-state index >= 15 is 0 Å². The number of urea groups is 1. The molecule has 1 aliphatic rings. The standard InChI is InChI=1S/C20H31N3O3/c1-6-26-17-8-7-16(13-15(17)2)18(24)22-9-11-23(12-10-22)19(25)21-14-20(3,4)5/h7-8,13H,6,9-12,14H2,1-5H3,(H,21,25). The first-order valence-electron chi connectivity index (χ1n) is 9.27. The van der Waals surface area contributed by atoms with Crippen LogP contribution in [0.3, 0.4) is 0 Å². The molecular formula is C20H31N3O3. The first kappa shape index (κ1) is 20.1. The molecular weight excluding hydrogens is 330 g/mol. The molecule has 0 radical (unpaired) electrons. The van der Waals surface area contributed by atoms with Crippen molar-refractivity contribution < 1.29 is 14.3 Å². The summed E-state index contributed by atoms with van der Waals surface area (Å²) in [6.07, 6.45) is 0. The van der Waals surface area contributed by atoms with Crippen LogP contribution in [0.4, 0.5) is 4.79 Å². The van der Waals surface area contributed by atoms with E-state index in [0.717, 1.165) is 11.3 Å². The smallest absolute Gasteiger partial charge is 0.317 e. The van der Waals surface area contributed by atoms with Crippen LogP contribution < -0.4 is 10.1 Å². The van der Waals surface area contributed by atoms with Crippen molar-refractivity contribution in [1.29, 1.82) is 0 Å². The summed E-state index contributed by atoms with van der Waals surface area (Å²) in [7, 11) is 0.